The minimum Gasteiger partial charge on any atom is -0.392 e. The lowest BCUT2D eigenvalue weighted by molar-refractivity contribution is 0.281. The molecule has 0 unspecified atom stereocenters. The molecular formula is C14H14FNO3S. The van der Waals surface area contributed by atoms with Crippen LogP contribution in [0.4, 0.5) is 10.1 Å². The number of rotatable bonds is 4. The van der Waals surface area contributed by atoms with E-state index in [1.807, 2.05) is 0 Å². The van der Waals surface area contributed by atoms with Crippen LogP contribution in [0.15, 0.2) is 47.4 Å². The molecule has 0 bridgehead atoms. The summed E-state index contributed by atoms with van der Waals surface area (Å²) in [6.45, 7) is 1.37. The second-order valence-corrected chi connectivity index (χ2v) is 5.99. The Hall–Kier alpha value is -1.92. The maximum atomic E-state index is 13.5. The highest BCUT2D eigenvalue weighted by Gasteiger charge is 2.18. The number of para-hydroxylation sites is 1. The molecule has 2 N–H and O–H groups in total. The van der Waals surface area contributed by atoms with Crippen LogP contribution in [0.3, 0.4) is 0 Å². The number of halogens is 1. The maximum Gasteiger partial charge on any atom is 0.262 e. The van der Waals surface area contributed by atoms with E-state index in [2.05, 4.69) is 4.72 Å². The van der Waals surface area contributed by atoms with Gasteiger partial charge >= 0.3 is 0 Å². The Bertz CT molecular complexity index is 729. The molecule has 20 heavy (non-hydrogen) atoms. The molecule has 4 nitrogen and oxygen atoms in total. The maximum absolute atomic E-state index is 13.5. The van der Waals surface area contributed by atoms with E-state index < -0.39 is 15.8 Å². The third-order valence-corrected chi connectivity index (χ3v) is 4.35. The zero-order chi connectivity index (χ0) is 14.8. The minimum atomic E-state index is -3.90. The van der Waals surface area contributed by atoms with Gasteiger partial charge in [-0.2, -0.15) is 0 Å². The van der Waals surface area contributed by atoms with Gasteiger partial charge in [-0.15, -0.1) is 0 Å². The first-order chi connectivity index (χ1) is 9.44. The fraction of sp³-hybridized carbons (Fsp3) is 0.143. The van der Waals surface area contributed by atoms with E-state index in [1.165, 1.54) is 30.3 Å². The highest BCUT2D eigenvalue weighted by molar-refractivity contribution is 7.92. The lowest BCUT2D eigenvalue weighted by Crippen LogP contribution is -2.15. The van der Waals surface area contributed by atoms with E-state index in [1.54, 1.807) is 19.1 Å². The lowest BCUT2D eigenvalue weighted by atomic mass is 10.2. The van der Waals surface area contributed by atoms with Crippen molar-refractivity contribution >= 4 is 15.7 Å². The molecule has 0 aliphatic heterocycles. The summed E-state index contributed by atoms with van der Waals surface area (Å²) in [4.78, 5) is 0.0207. The molecule has 6 heteroatoms. The molecule has 0 aromatic heterocycles. The topological polar surface area (TPSA) is 66.4 Å². The molecule has 0 atom stereocenters. The molecule has 0 radical (unpaired) electrons. The SMILES string of the molecule is Cc1ccc(CO)cc1S(=O)(=O)Nc1ccccc1F. The largest absolute Gasteiger partial charge is 0.392 e. The molecule has 106 valence electrons. The first kappa shape index (κ1) is 14.5. The van der Waals surface area contributed by atoms with Crippen LogP contribution in [0.5, 0.6) is 0 Å². The average molecular weight is 295 g/mol. The summed E-state index contributed by atoms with van der Waals surface area (Å²) in [5, 5.41) is 9.08. The van der Waals surface area contributed by atoms with Crippen molar-refractivity contribution in [3.63, 3.8) is 0 Å². The van der Waals surface area contributed by atoms with Crippen molar-refractivity contribution in [2.75, 3.05) is 4.72 Å². The Balaban J connectivity index is 2.43. The molecule has 0 heterocycles. The Morgan fingerprint density at radius 3 is 2.55 bits per heavy atom. The molecule has 2 rings (SSSR count). The molecule has 0 saturated carbocycles. The summed E-state index contributed by atoms with van der Waals surface area (Å²) in [5.41, 5.74) is 0.886. The summed E-state index contributed by atoms with van der Waals surface area (Å²) in [6, 6.07) is 10.1. The predicted molar refractivity (Wildman–Crippen MR) is 74.3 cm³/mol. The molecule has 2 aromatic carbocycles. The van der Waals surface area contributed by atoms with Gasteiger partial charge in [0.15, 0.2) is 0 Å². The number of aliphatic hydroxyl groups is 1. The van der Waals surface area contributed by atoms with Gasteiger partial charge < -0.3 is 5.11 Å². The van der Waals surface area contributed by atoms with Crippen molar-refractivity contribution in [2.24, 2.45) is 0 Å². The fourth-order valence-corrected chi connectivity index (χ4v) is 3.14. The molecule has 0 fully saturated rings. The Morgan fingerprint density at radius 1 is 1.20 bits per heavy atom. The van der Waals surface area contributed by atoms with E-state index in [-0.39, 0.29) is 17.2 Å². The van der Waals surface area contributed by atoms with E-state index in [0.29, 0.717) is 11.1 Å². The van der Waals surface area contributed by atoms with Gasteiger partial charge in [0.2, 0.25) is 0 Å². The van der Waals surface area contributed by atoms with Crippen LogP contribution >= 0.6 is 0 Å². The summed E-state index contributed by atoms with van der Waals surface area (Å²) < 4.78 is 40.3. The van der Waals surface area contributed by atoms with Crippen LogP contribution in [0.1, 0.15) is 11.1 Å². The first-order valence-corrected chi connectivity index (χ1v) is 7.40. The first-order valence-electron chi connectivity index (χ1n) is 5.92. The molecule has 0 aliphatic carbocycles. The van der Waals surface area contributed by atoms with Crippen LogP contribution < -0.4 is 4.72 Å². The number of sulfonamides is 1. The van der Waals surface area contributed by atoms with Crippen molar-refractivity contribution < 1.29 is 17.9 Å². The third kappa shape index (κ3) is 2.97. The van der Waals surface area contributed by atoms with Gasteiger partial charge in [-0.05, 0) is 36.2 Å². The summed E-state index contributed by atoms with van der Waals surface area (Å²) >= 11 is 0. The van der Waals surface area contributed by atoms with E-state index in [0.717, 1.165) is 0 Å². The molecular weight excluding hydrogens is 281 g/mol. The number of hydrogen-bond acceptors (Lipinski definition) is 3. The van der Waals surface area contributed by atoms with Crippen molar-refractivity contribution in [1.82, 2.24) is 0 Å². The van der Waals surface area contributed by atoms with Gasteiger partial charge in [-0.3, -0.25) is 4.72 Å². The normalized spacial score (nSPS) is 11.3. The van der Waals surface area contributed by atoms with E-state index in [9.17, 15) is 12.8 Å². The number of aliphatic hydroxyl groups excluding tert-OH is 1. The van der Waals surface area contributed by atoms with Crippen LogP contribution in [-0.2, 0) is 16.6 Å². The van der Waals surface area contributed by atoms with Gasteiger partial charge in [0.1, 0.15) is 5.82 Å². The minimum absolute atomic E-state index is 0.0207. The Morgan fingerprint density at radius 2 is 1.90 bits per heavy atom. The molecule has 2 aromatic rings. The molecule has 0 saturated heterocycles. The second kappa shape index (κ2) is 5.60. The quantitative estimate of drug-likeness (QED) is 0.910. The van der Waals surface area contributed by atoms with Gasteiger partial charge in [-0.1, -0.05) is 24.3 Å². The smallest absolute Gasteiger partial charge is 0.262 e. The van der Waals surface area contributed by atoms with E-state index >= 15 is 0 Å². The van der Waals surface area contributed by atoms with Crippen molar-refractivity contribution in [2.45, 2.75) is 18.4 Å². The summed E-state index contributed by atoms with van der Waals surface area (Å²) in [6.07, 6.45) is 0. The van der Waals surface area contributed by atoms with Gasteiger partial charge in [-0.25, -0.2) is 12.8 Å². The van der Waals surface area contributed by atoms with Crippen molar-refractivity contribution in [3.05, 3.63) is 59.4 Å². The van der Waals surface area contributed by atoms with Crippen LogP contribution in [-0.4, -0.2) is 13.5 Å². The number of anilines is 1. The summed E-state index contributed by atoms with van der Waals surface area (Å²) in [7, 11) is -3.90. The number of benzene rings is 2. The summed E-state index contributed by atoms with van der Waals surface area (Å²) in [5.74, 6) is -0.646. The third-order valence-electron chi connectivity index (χ3n) is 2.84. The standard InChI is InChI=1S/C14H14FNO3S/c1-10-6-7-11(9-17)8-14(10)20(18,19)16-13-5-3-2-4-12(13)15/h2-8,16-17H,9H2,1H3. The monoisotopic (exact) mass is 295 g/mol. The van der Waals surface area contributed by atoms with Gasteiger partial charge in [0.05, 0.1) is 17.2 Å². The van der Waals surface area contributed by atoms with Gasteiger partial charge in [0, 0.05) is 0 Å². The number of aryl methyl sites for hydroxylation is 1. The average Bonchev–Trinajstić information content (AvgIpc) is 2.41. The highest BCUT2D eigenvalue weighted by Crippen LogP contribution is 2.22. The predicted octanol–water partition coefficient (Wildman–Crippen LogP) is 2.43. The van der Waals surface area contributed by atoms with Gasteiger partial charge in [0.25, 0.3) is 10.0 Å². The molecule has 0 amide bonds. The Kier molecular flexibility index (Phi) is 4.06. The fourth-order valence-electron chi connectivity index (χ4n) is 1.78. The number of hydrogen-bond donors (Lipinski definition) is 2. The highest BCUT2D eigenvalue weighted by atomic mass is 32.2. The zero-order valence-electron chi connectivity index (χ0n) is 10.8. The second-order valence-electron chi connectivity index (χ2n) is 4.34. The molecule has 0 spiro atoms. The zero-order valence-corrected chi connectivity index (χ0v) is 11.6. The van der Waals surface area contributed by atoms with Crippen molar-refractivity contribution in [1.29, 1.82) is 0 Å². The van der Waals surface area contributed by atoms with E-state index in [4.69, 9.17) is 5.11 Å². The van der Waals surface area contributed by atoms with Crippen LogP contribution in [0.2, 0.25) is 0 Å². The Labute approximate surface area is 116 Å². The van der Waals surface area contributed by atoms with Crippen LogP contribution in [0, 0.1) is 12.7 Å². The van der Waals surface area contributed by atoms with Crippen LogP contribution in [0.25, 0.3) is 0 Å². The lowest BCUT2D eigenvalue weighted by Gasteiger charge is -2.12. The molecule has 0 aliphatic rings. The number of nitrogens with one attached hydrogen (secondary N) is 1. The van der Waals surface area contributed by atoms with Crippen molar-refractivity contribution in [3.8, 4) is 0 Å².